The molecule has 0 atom stereocenters. The minimum Gasteiger partial charge on any atom is -0.375 e. The lowest BCUT2D eigenvalue weighted by Gasteiger charge is -2.35. The van der Waals surface area contributed by atoms with E-state index >= 15 is 0 Å². The fourth-order valence-electron chi connectivity index (χ4n) is 1.91. The highest BCUT2D eigenvalue weighted by atomic mass is 16.5. The van der Waals surface area contributed by atoms with Gasteiger partial charge >= 0.3 is 0 Å². The summed E-state index contributed by atoms with van der Waals surface area (Å²) in [6.45, 7) is 9.46. The van der Waals surface area contributed by atoms with E-state index in [0.29, 0.717) is 5.92 Å². The Kier molecular flexibility index (Phi) is 5.05. The van der Waals surface area contributed by atoms with Crippen LogP contribution >= 0.6 is 0 Å². The molecule has 4 nitrogen and oxygen atoms in total. The van der Waals surface area contributed by atoms with E-state index < -0.39 is 0 Å². The zero-order valence-electron chi connectivity index (χ0n) is 10.0. The Balaban J connectivity index is 2.26. The van der Waals surface area contributed by atoms with Crippen molar-refractivity contribution in [2.24, 2.45) is 5.92 Å². The number of nitrogens with zero attached hydrogens (tertiary/aromatic N) is 2. The molecule has 1 aliphatic rings. The predicted molar refractivity (Wildman–Crippen MR) is 59.7 cm³/mol. The smallest absolute Gasteiger partial charge is 0.248 e. The Morgan fingerprint density at radius 1 is 1.27 bits per heavy atom. The summed E-state index contributed by atoms with van der Waals surface area (Å²) in [4.78, 5) is 15.8. The summed E-state index contributed by atoms with van der Waals surface area (Å²) in [6.07, 6.45) is 0. The number of ether oxygens (including phenoxy) is 1. The van der Waals surface area contributed by atoms with Crippen LogP contribution in [0.4, 0.5) is 0 Å². The van der Waals surface area contributed by atoms with Gasteiger partial charge in [0.15, 0.2) is 0 Å². The lowest BCUT2D eigenvalue weighted by molar-refractivity contribution is -0.136. The highest BCUT2D eigenvalue weighted by molar-refractivity contribution is 5.77. The van der Waals surface area contributed by atoms with E-state index in [1.54, 1.807) is 7.11 Å². The highest BCUT2D eigenvalue weighted by Crippen LogP contribution is 2.05. The summed E-state index contributed by atoms with van der Waals surface area (Å²) in [5.74, 6) is 0.813. The molecule has 0 spiro atoms. The molecule has 0 aromatic carbocycles. The van der Waals surface area contributed by atoms with Crippen LogP contribution < -0.4 is 0 Å². The number of amides is 1. The molecule has 1 rings (SSSR count). The van der Waals surface area contributed by atoms with E-state index in [0.717, 1.165) is 32.7 Å². The maximum Gasteiger partial charge on any atom is 0.248 e. The van der Waals surface area contributed by atoms with Crippen LogP contribution in [-0.4, -0.2) is 62.1 Å². The monoisotopic (exact) mass is 214 g/mol. The Morgan fingerprint density at radius 2 is 1.87 bits per heavy atom. The van der Waals surface area contributed by atoms with Gasteiger partial charge in [0.25, 0.3) is 0 Å². The normalized spacial score (nSPS) is 18.5. The lowest BCUT2D eigenvalue weighted by Crippen LogP contribution is -2.50. The van der Waals surface area contributed by atoms with Crippen LogP contribution in [0.25, 0.3) is 0 Å². The van der Waals surface area contributed by atoms with Gasteiger partial charge in [-0.1, -0.05) is 13.8 Å². The van der Waals surface area contributed by atoms with Crippen molar-refractivity contribution < 1.29 is 9.53 Å². The third kappa shape index (κ3) is 4.18. The van der Waals surface area contributed by atoms with Crippen molar-refractivity contribution in [3.8, 4) is 0 Å². The summed E-state index contributed by atoms with van der Waals surface area (Å²) in [5.41, 5.74) is 0. The quantitative estimate of drug-likeness (QED) is 0.680. The summed E-state index contributed by atoms with van der Waals surface area (Å²) in [6, 6.07) is 0. The first-order chi connectivity index (χ1) is 7.13. The molecule has 1 fully saturated rings. The number of rotatable bonds is 4. The van der Waals surface area contributed by atoms with Gasteiger partial charge < -0.3 is 9.64 Å². The number of methoxy groups -OCH3 is 1. The van der Waals surface area contributed by atoms with E-state index in [4.69, 9.17) is 4.74 Å². The number of carbonyl (C=O) groups excluding carboxylic acids is 1. The third-order valence-corrected chi connectivity index (χ3v) is 2.62. The molecule has 0 aliphatic carbocycles. The maximum absolute atomic E-state index is 11.5. The van der Waals surface area contributed by atoms with Gasteiger partial charge in [-0.3, -0.25) is 9.69 Å². The summed E-state index contributed by atoms with van der Waals surface area (Å²) in [5, 5.41) is 0. The summed E-state index contributed by atoms with van der Waals surface area (Å²) in [7, 11) is 1.56. The van der Waals surface area contributed by atoms with Gasteiger partial charge in [0.2, 0.25) is 5.91 Å². The van der Waals surface area contributed by atoms with Crippen molar-refractivity contribution in [3.05, 3.63) is 0 Å². The second-order valence-electron chi connectivity index (χ2n) is 4.51. The molecule has 88 valence electrons. The molecule has 1 saturated heterocycles. The maximum atomic E-state index is 11.5. The molecule has 0 radical (unpaired) electrons. The Bertz CT molecular complexity index is 199. The molecular weight excluding hydrogens is 192 g/mol. The largest absolute Gasteiger partial charge is 0.375 e. The Hall–Kier alpha value is -0.610. The second-order valence-corrected chi connectivity index (χ2v) is 4.51. The van der Waals surface area contributed by atoms with Crippen LogP contribution in [0.1, 0.15) is 13.8 Å². The number of hydrogen-bond acceptors (Lipinski definition) is 3. The molecule has 0 aromatic heterocycles. The number of piperazine rings is 1. The SMILES string of the molecule is COCC(=O)N1CCN(CC(C)C)CC1. The van der Waals surface area contributed by atoms with Crippen LogP contribution in [-0.2, 0) is 9.53 Å². The minimum atomic E-state index is 0.113. The van der Waals surface area contributed by atoms with E-state index in [1.165, 1.54) is 0 Å². The van der Waals surface area contributed by atoms with Gasteiger partial charge in [0.1, 0.15) is 6.61 Å². The fourth-order valence-corrected chi connectivity index (χ4v) is 1.91. The summed E-state index contributed by atoms with van der Waals surface area (Å²) < 4.78 is 4.84. The van der Waals surface area contributed by atoms with Crippen LogP contribution in [0, 0.1) is 5.92 Å². The first-order valence-electron chi connectivity index (χ1n) is 5.62. The molecule has 1 heterocycles. The van der Waals surface area contributed by atoms with E-state index in [-0.39, 0.29) is 12.5 Å². The van der Waals surface area contributed by atoms with Gasteiger partial charge in [-0.05, 0) is 5.92 Å². The lowest BCUT2D eigenvalue weighted by atomic mass is 10.2. The molecule has 0 unspecified atom stereocenters. The fraction of sp³-hybridized carbons (Fsp3) is 0.909. The van der Waals surface area contributed by atoms with Gasteiger partial charge in [-0.25, -0.2) is 0 Å². The van der Waals surface area contributed by atoms with E-state index in [2.05, 4.69) is 18.7 Å². The second kappa shape index (κ2) is 6.08. The number of hydrogen-bond donors (Lipinski definition) is 0. The van der Waals surface area contributed by atoms with Crippen molar-refractivity contribution in [2.45, 2.75) is 13.8 Å². The van der Waals surface area contributed by atoms with E-state index in [1.807, 2.05) is 4.90 Å². The zero-order valence-corrected chi connectivity index (χ0v) is 10.0. The number of carbonyl (C=O) groups is 1. The van der Waals surface area contributed by atoms with Crippen LogP contribution in [0.2, 0.25) is 0 Å². The molecule has 0 aromatic rings. The van der Waals surface area contributed by atoms with Crippen molar-refractivity contribution in [1.29, 1.82) is 0 Å². The Labute approximate surface area is 92.2 Å². The highest BCUT2D eigenvalue weighted by Gasteiger charge is 2.20. The minimum absolute atomic E-state index is 0.113. The molecule has 15 heavy (non-hydrogen) atoms. The molecule has 4 heteroatoms. The predicted octanol–water partition coefficient (Wildman–Crippen LogP) is 0.433. The third-order valence-electron chi connectivity index (χ3n) is 2.62. The van der Waals surface area contributed by atoms with Crippen molar-refractivity contribution >= 4 is 5.91 Å². The molecule has 0 saturated carbocycles. The van der Waals surface area contributed by atoms with Gasteiger partial charge in [0.05, 0.1) is 0 Å². The standard InChI is InChI=1S/C11H22N2O2/c1-10(2)8-12-4-6-13(7-5-12)11(14)9-15-3/h10H,4-9H2,1-3H3. The van der Waals surface area contributed by atoms with Gasteiger partial charge in [0, 0.05) is 39.8 Å². The van der Waals surface area contributed by atoms with Gasteiger partial charge in [-0.15, -0.1) is 0 Å². The Morgan fingerprint density at radius 3 is 2.33 bits per heavy atom. The topological polar surface area (TPSA) is 32.8 Å². The van der Waals surface area contributed by atoms with Crippen LogP contribution in [0.15, 0.2) is 0 Å². The van der Waals surface area contributed by atoms with Crippen molar-refractivity contribution in [3.63, 3.8) is 0 Å². The molecule has 1 aliphatic heterocycles. The first kappa shape index (κ1) is 12.5. The first-order valence-corrected chi connectivity index (χ1v) is 5.62. The molecular formula is C11H22N2O2. The van der Waals surface area contributed by atoms with Crippen molar-refractivity contribution in [2.75, 3.05) is 46.4 Å². The average Bonchev–Trinajstić information content (AvgIpc) is 2.18. The molecule has 0 bridgehead atoms. The average molecular weight is 214 g/mol. The summed E-state index contributed by atoms with van der Waals surface area (Å²) >= 11 is 0. The van der Waals surface area contributed by atoms with Crippen molar-refractivity contribution in [1.82, 2.24) is 9.80 Å². The van der Waals surface area contributed by atoms with Crippen LogP contribution in [0.5, 0.6) is 0 Å². The zero-order chi connectivity index (χ0) is 11.3. The molecule has 0 N–H and O–H groups in total. The van der Waals surface area contributed by atoms with Crippen LogP contribution in [0.3, 0.4) is 0 Å². The van der Waals surface area contributed by atoms with E-state index in [9.17, 15) is 4.79 Å². The van der Waals surface area contributed by atoms with Gasteiger partial charge in [-0.2, -0.15) is 0 Å². The molecule has 1 amide bonds.